The number of hydrogen-bond donors (Lipinski definition) is 1. The van der Waals surface area contributed by atoms with Crippen molar-refractivity contribution < 1.29 is 9.59 Å². The van der Waals surface area contributed by atoms with Crippen molar-refractivity contribution in [2.45, 2.75) is 24.8 Å². The summed E-state index contributed by atoms with van der Waals surface area (Å²) < 4.78 is 0. The molecule has 1 N–H and O–H groups in total. The van der Waals surface area contributed by atoms with E-state index in [0.29, 0.717) is 17.5 Å². The fourth-order valence-electron chi connectivity index (χ4n) is 3.82. The SMILES string of the molecule is C[C@@H](SC1=Nc2ccccc2C2=N[C@@H](c3ccccc3)C(=O)N12)C(=O)NCc1ccccc1. The van der Waals surface area contributed by atoms with Crippen LogP contribution in [0, 0.1) is 0 Å². The van der Waals surface area contributed by atoms with Crippen molar-refractivity contribution in [1.29, 1.82) is 0 Å². The summed E-state index contributed by atoms with van der Waals surface area (Å²) in [5.74, 6) is 0.308. The number of benzene rings is 3. The van der Waals surface area contributed by atoms with E-state index in [0.717, 1.165) is 22.4 Å². The molecule has 0 saturated carbocycles. The predicted octanol–water partition coefficient (Wildman–Crippen LogP) is 4.46. The number of aliphatic imine (C=N–C) groups is 2. The van der Waals surface area contributed by atoms with Crippen molar-refractivity contribution in [1.82, 2.24) is 10.2 Å². The summed E-state index contributed by atoms with van der Waals surface area (Å²) in [4.78, 5) is 37.3. The van der Waals surface area contributed by atoms with Gasteiger partial charge in [-0.05, 0) is 30.2 Å². The lowest BCUT2D eigenvalue weighted by Crippen LogP contribution is -2.41. The lowest BCUT2D eigenvalue weighted by atomic mass is 10.1. The Kier molecular flexibility index (Phi) is 5.79. The molecule has 2 aliphatic heterocycles. The van der Waals surface area contributed by atoms with Gasteiger partial charge in [-0.1, -0.05) is 84.6 Å². The maximum Gasteiger partial charge on any atom is 0.263 e. The zero-order valence-corrected chi connectivity index (χ0v) is 18.8. The molecule has 0 aliphatic carbocycles. The number of thioether (sulfide) groups is 1. The molecule has 6 nitrogen and oxygen atoms in total. The molecule has 7 heteroatoms. The second-order valence-electron chi connectivity index (χ2n) is 7.81. The van der Waals surface area contributed by atoms with Crippen LogP contribution in [0.4, 0.5) is 5.69 Å². The number of rotatable bonds is 5. The molecule has 0 saturated heterocycles. The molecular formula is C26H22N4O2S. The first kappa shape index (κ1) is 21.2. The van der Waals surface area contributed by atoms with Crippen molar-refractivity contribution in [3.8, 4) is 0 Å². The quantitative estimate of drug-likeness (QED) is 0.619. The second kappa shape index (κ2) is 9.03. The summed E-state index contributed by atoms with van der Waals surface area (Å²) in [7, 11) is 0. The van der Waals surface area contributed by atoms with Crippen LogP contribution in [-0.2, 0) is 16.1 Å². The first-order valence-electron chi connectivity index (χ1n) is 10.7. The third-order valence-corrected chi connectivity index (χ3v) is 6.60. The molecule has 164 valence electrons. The summed E-state index contributed by atoms with van der Waals surface area (Å²) in [5.41, 5.74) is 3.42. The largest absolute Gasteiger partial charge is 0.351 e. The second-order valence-corrected chi connectivity index (χ2v) is 9.12. The van der Waals surface area contributed by atoms with Crippen LogP contribution in [0.25, 0.3) is 0 Å². The number of hydrogen-bond acceptors (Lipinski definition) is 5. The third-order valence-electron chi connectivity index (χ3n) is 5.55. The molecule has 5 rings (SSSR count). The molecule has 2 aliphatic rings. The minimum atomic E-state index is -0.625. The van der Waals surface area contributed by atoms with E-state index in [4.69, 9.17) is 9.98 Å². The van der Waals surface area contributed by atoms with Gasteiger partial charge in [-0.3, -0.25) is 9.59 Å². The normalized spacial score (nSPS) is 17.5. The highest BCUT2D eigenvalue weighted by Crippen LogP contribution is 2.38. The highest BCUT2D eigenvalue weighted by molar-refractivity contribution is 8.15. The van der Waals surface area contributed by atoms with Crippen LogP contribution in [0.1, 0.15) is 29.7 Å². The fraction of sp³-hybridized carbons (Fsp3) is 0.154. The van der Waals surface area contributed by atoms with Crippen LogP contribution in [-0.4, -0.2) is 33.0 Å². The van der Waals surface area contributed by atoms with Gasteiger partial charge in [-0.2, -0.15) is 0 Å². The van der Waals surface area contributed by atoms with Crippen LogP contribution in [0.2, 0.25) is 0 Å². The number of nitrogens with one attached hydrogen (secondary N) is 1. The van der Waals surface area contributed by atoms with Crippen molar-refractivity contribution in [3.05, 3.63) is 102 Å². The van der Waals surface area contributed by atoms with Gasteiger partial charge in [0.1, 0.15) is 5.84 Å². The molecule has 0 radical (unpaired) electrons. The summed E-state index contributed by atoms with van der Waals surface area (Å²) in [6.45, 7) is 2.27. The molecule has 2 amide bonds. The molecule has 2 heterocycles. The number of carbonyl (C=O) groups is 2. The van der Waals surface area contributed by atoms with E-state index < -0.39 is 11.3 Å². The number of fused-ring (bicyclic) bond motifs is 3. The summed E-state index contributed by atoms with van der Waals surface area (Å²) in [6, 6.07) is 26.3. The molecular weight excluding hydrogens is 432 g/mol. The van der Waals surface area contributed by atoms with Crippen molar-refractivity contribution in [2.24, 2.45) is 9.98 Å². The maximum absolute atomic E-state index is 13.4. The summed E-state index contributed by atoms with van der Waals surface area (Å²) in [5, 5.41) is 2.99. The topological polar surface area (TPSA) is 74.1 Å². The Morgan fingerprint density at radius 2 is 1.67 bits per heavy atom. The van der Waals surface area contributed by atoms with Crippen LogP contribution in [0.15, 0.2) is 94.9 Å². The van der Waals surface area contributed by atoms with Gasteiger partial charge in [0, 0.05) is 12.1 Å². The van der Waals surface area contributed by atoms with Gasteiger partial charge in [-0.25, -0.2) is 14.9 Å². The van der Waals surface area contributed by atoms with E-state index in [2.05, 4.69) is 5.32 Å². The standard InChI is InChI=1S/C26H22N4O2S/c1-17(24(31)27-16-18-10-4-2-5-11-18)33-26-28-21-15-9-8-14-20(21)23-29-22(25(32)30(23)26)19-12-6-3-7-13-19/h2-15,17,22H,16H2,1H3,(H,27,31)/t17-,22+/m1/s1. The van der Waals surface area contributed by atoms with Gasteiger partial charge in [0.2, 0.25) is 5.91 Å². The Morgan fingerprint density at radius 3 is 2.42 bits per heavy atom. The number of nitrogens with zero attached hydrogens (tertiary/aromatic N) is 3. The van der Waals surface area contributed by atoms with Crippen LogP contribution in [0.3, 0.4) is 0 Å². The monoisotopic (exact) mass is 454 g/mol. The predicted molar refractivity (Wildman–Crippen MR) is 131 cm³/mol. The van der Waals surface area contributed by atoms with Gasteiger partial charge >= 0.3 is 0 Å². The summed E-state index contributed by atoms with van der Waals surface area (Å²) in [6.07, 6.45) is 0. The molecule has 0 unspecified atom stereocenters. The number of carbonyl (C=O) groups excluding carboxylic acids is 2. The first-order chi connectivity index (χ1) is 16.1. The average Bonchev–Trinajstić information content (AvgIpc) is 3.21. The highest BCUT2D eigenvalue weighted by Gasteiger charge is 2.42. The highest BCUT2D eigenvalue weighted by atomic mass is 32.2. The van der Waals surface area contributed by atoms with E-state index in [-0.39, 0.29) is 11.8 Å². The van der Waals surface area contributed by atoms with E-state index in [9.17, 15) is 9.59 Å². The number of amides is 2. The van der Waals surface area contributed by atoms with Gasteiger partial charge in [0.05, 0.1) is 10.9 Å². The minimum absolute atomic E-state index is 0.116. The fourth-order valence-corrected chi connectivity index (χ4v) is 4.76. The van der Waals surface area contributed by atoms with Gasteiger partial charge in [-0.15, -0.1) is 0 Å². The Morgan fingerprint density at radius 1 is 1.00 bits per heavy atom. The van der Waals surface area contributed by atoms with E-state index in [1.807, 2.05) is 91.9 Å². The lowest BCUT2D eigenvalue weighted by Gasteiger charge is -2.26. The average molecular weight is 455 g/mol. The maximum atomic E-state index is 13.4. The molecule has 0 fully saturated rings. The molecule has 2 atom stereocenters. The molecule has 0 bridgehead atoms. The van der Waals surface area contributed by atoms with Gasteiger partial charge in [0.15, 0.2) is 11.2 Å². The Hall–Kier alpha value is -3.71. The molecule has 33 heavy (non-hydrogen) atoms. The van der Waals surface area contributed by atoms with Crippen molar-refractivity contribution >= 4 is 40.3 Å². The van der Waals surface area contributed by atoms with E-state index >= 15 is 0 Å². The van der Waals surface area contributed by atoms with Crippen LogP contribution < -0.4 is 5.32 Å². The van der Waals surface area contributed by atoms with Gasteiger partial charge < -0.3 is 5.32 Å². The van der Waals surface area contributed by atoms with Crippen molar-refractivity contribution in [3.63, 3.8) is 0 Å². The zero-order valence-electron chi connectivity index (χ0n) is 18.0. The molecule has 3 aromatic carbocycles. The van der Waals surface area contributed by atoms with Crippen molar-refractivity contribution in [2.75, 3.05) is 0 Å². The first-order valence-corrected chi connectivity index (χ1v) is 11.6. The van der Waals surface area contributed by atoms with E-state index in [1.165, 1.54) is 11.8 Å². The third kappa shape index (κ3) is 4.19. The van der Waals surface area contributed by atoms with E-state index in [1.54, 1.807) is 4.90 Å². The number of para-hydroxylation sites is 1. The van der Waals surface area contributed by atoms with Gasteiger partial charge in [0.25, 0.3) is 5.91 Å². The molecule has 0 spiro atoms. The minimum Gasteiger partial charge on any atom is -0.351 e. The Balaban J connectivity index is 1.39. The molecule has 0 aromatic heterocycles. The smallest absolute Gasteiger partial charge is 0.263 e. The van der Waals surface area contributed by atoms with Crippen LogP contribution in [0.5, 0.6) is 0 Å². The lowest BCUT2D eigenvalue weighted by molar-refractivity contribution is -0.124. The zero-order chi connectivity index (χ0) is 22.8. The molecule has 3 aromatic rings. The van der Waals surface area contributed by atoms with Crippen LogP contribution >= 0.6 is 11.8 Å². The Bertz CT molecular complexity index is 1260. The summed E-state index contributed by atoms with van der Waals surface area (Å²) >= 11 is 1.27. The number of amidine groups is 2. The Labute approximate surface area is 196 Å².